The fourth-order valence-electron chi connectivity index (χ4n) is 0.996. The van der Waals surface area contributed by atoms with Crippen LogP contribution in [0.25, 0.3) is 0 Å². The van der Waals surface area contributed by atoms with Gasteiger partial charge in [-0.2, -0.15) is 0 Å². The molecule has 0 fully saturated rings. The van der Waals surface area contributed by atoms with Crippen molar-refractivity contribution in [2.75, 3.05) is 6.61 Å². The fourth-order valence-corrected chi connectivity index (χ4v) is 0.996. The average Bonchev–Trinajstić information content (AvgIpc) is 2.26. The average molecular weight is 243 g/mol. The zero-order valence-electron chi connectivity index (χ0n) is 10.7. The molecule has 0 aliphatic carbocycles. The minimum absolute atomic E-state index is 0.250. The molecular formula is C12H21NO4. The lowest BCUT2D eigenvalue weighted by molar-refractivity contribution is -0.165. The van der Waals surface area contributed by atoms with E-state index < -0.39 is 18.1 Å². The minimum Gasteiger partial charge on any atom is -0.460 e. The number of carbonyl (C=O) groups excluding carboxylic acids is 2. The van der Waals surface area contributed by atoms with Crippen molar-refractivity contribution in [2.45, 2.75) is 45.9 Å². The van der Waals surface area contributed by atoms with E-state index in [1.54, 1.807) is 13.8 Å². The van der Waals surface area contributed by atoms with Crippen LogP contribution in [-0.4, -0.2) is 30.8 Å². The highest BCUT2D eigenvalue weighted by Gasteiger charge is 2.22. The molecule has 0 saturated heterocycles. The van der Waals surface area contributed by atoms with Gasteiger partial charge in [-0.05, 0) is 26.3 Å². The van der Waals surface area contributed by atoms with Crippen molar-refractivity contribution in [2.24, 2.45) is 0 Å². The third-order valence-electron chi connectivity index (χ3n) is 1.81. The predicted molar refractivity (Wildman–Crippen MR) is 64.2 cm³/mol. The van der Waals surface area contributed by atoms with Crippen LogP contribution in [0.2, 0.25) is 0 Å². The number of hydrogen-bond donors (Lipinski definition) is 1. The number of esters is 1. The molecular weight excluding hydrogens is 222 g/mol. The Balaban J connectivity index is 4.32. The van der Waals surface area contributed by atoms with Crippen molar-refractivity contribution < 1.29 is 19.1 Å². The smallest absolute Gasteiger partial charge is 0.356 e. The van der Waals surface area contributed by atoms with Gasteiger partial charge in [0.2, 0.25) is 12.1 Å². The SMILES string of the molecule is C=CC(=O)NC(OCCCC)C(=O)OC(C)C. The van der Waals surface area contributed by atoms with Crippen molar-refractivity contribution >= 4 is 11.9 Å². The molecule has 1 N–H and O–H groups in total. The normalized spacial score (nSPS) is 12.0. The van der Waals surface area contributed by atoms with E-state index in [4.69, 9.17) is 9.47 Å². The molecule has 0 bridgehead atoms. The van der Waals surface area contributed by atoms with Crippen molar-refractivity contribution in [3.05, 3.63) is 12.7 Å². The van der Waals surface area contributed by atoms with Crippen LogP contribution in [0.1, 0.15) is 33.6 Å². The molecule has 0 radical (unpaired) electrons. The number of hydrogen-bond acceptors (Lipinski definition) is 4. The second-order valence-corrected chi connectivity index (χ2v) is 3.80. The topological polar surface area (TPSA) is 64.6 Å². The maximum atomic E-state index is 11.6. The van der Waals surface area contributed by atoms with Gasteiger partial charge in [0, 0.05) is 6.61 Å². The number of amides is 1. The monoisotopic (exact) mass is 243 g/mol. The third kappa shape index (κ3) is 7.52. The Morgan fingerprint density at radius 2 is 2.06 bits per heavy atom. The molecule has 0 rings (SSSR count). The number of nitrogens with one attached hydrogen (secondary N) is 1. The molecule has 5 heteroatoms. The van der Waals surface area contributed by atoms with E-state index in [0.717, 1.165) is 18.9 Å². The number of carbonyl (C=O) groups is 2. The minimum atomic E-state index is -1.06. The van der Waals surface area contributed by atoms with Gasteiger partial charge >= 0.3 is 5.97 Å². The van der Waals surface area contributed by atoms with Crippen molar-refractivity contribution in [1.29, 1.82) is 0 Å². The molecule has 0 spiro atoms. The van der Waals surface area contributed by atoms with Crippen LogP contribution in [0, 0.1) is 0 Å². The molecule has 1 amide bonds. The highest BCUT2D eigenvalue weighted by molar-refractivity contribution is 5.90. The van der Waals surface area contributed by atoms with E-state index >= 15 is 0 Å². The molecule has 0 aliphatic heterocycles. The molecule has 0 aromatic rings. The molecule has 0 aromatic carbocycles. The molecule has 0 aliphatic rings. The summed E-state index contributed by atoms with van der Waals surface area (Å²) >= 11 is 0. The summed E-state index contributed by atoms with van der Waals surface area (Å²) in [6.45, 7) is 9.18. The van der Waals surface area contributed by atoms with E-state index in [1.807, 2.05) is 6.92 Å². The van der Waals surface area contributed by atoms with Crippen LogP contribution in [0.3, 0.4) is 0 Å². The lowest BCUT2D eigenvalue weighted by Gasteiger charge is -2.18. The maximum absolute atomic E-state index is 11.6. The van der Waals surface area contributed by atoms with Gasteiger partial charge in [0.1, 0.15) is 0 Å². The highest BCUT2D eigenvalue weighted by Crippen LogP contribution is 1.99. The van der Waals surface area contributed by atoms with Crippen molar-refractivity contribution in [1.82, 2.24) is 5.32 Å². The first-order valence-electron chi connectivity index (χ1n) is 5.76. The summed E-state index contributed by atoms with van der Waals surface area (Å²) in [6.07, 6.45) is 1.53. The summed E-state index contributed by atoms with van der Waals surface area (Å²) in [6, 6.07) is 0. The van der Waals surface area contributed by atoms with Crippen LogP contribution in [-0.2, 0) is 19.1 Å². The number of ether oxygens (including phenoxy) is 2. The Labute approximate surface area is 102 Å². The Kier molecular flexibility index (Phi) is 8.05. The number of rotatable bonds is 8. The quantitative estimate of drug-likeness (QED) is 0.303. The summed E-state index contributed by atoms with van der Waals surface area (Å²) in [5.74, 6) is -1.06. The summed E-state index contributed by atoms with van der Waals surface area (Å²) in [7, 11) is 0. The van der Waals surface area contributed by atoms with E-state index in [9.17, 15) is 9.59 Å². The first kappa shape index (κ1) is 15.6. The van der Waals surface area contributed by atoms with Gasteiger partial charge in [0.15, 0.2) is 0 Å². The molecule has 17 heavy (non-hydrogen) atoms. The second-order valence-electron chi connectivity index (χ2n) is 3.80. The molecule has 0 saturated carbocycles. The van der Waals surface area contributed by atoms with Crippen molar-refractivity contribution in [3.63, 3.8) is 0 Å². The third-order valence-corrected chi connectivity index (χ3v) is 1.81. The zero-order valence-corrected chi connectivity index (χ0v) is 10.7. The summed E-state index contributed by atoms with van der Waals surface area (Å²) in [4.78, 5) is 22.7. The Bertz CT molecular complexity index is 263. The summed E-state index contributed by atoms with van der Waals surface area (Å²) < 4.78 is 10.2. The van der Waals surface area contributed by atoms with Gasteiger partial charge in [0.05, 0.1) is 6.10 Å². The molecule has 1 unspecified atom stereocenters. The Hall–Kier alpha value is -1.36. The molecule has 1 atom stereocenters. The van der Waals surface area contributed by atoms with Crippen LogP contribution in [0.4, 0.5) is 0 Å². The lowest BCUT2D eigenvalue weighted by Crippen LogP contribution is -2.44. The molecule has 0 aromatic heterocycles. The standard InChI is InChI=1S/C12H21NO4/c1-5-7-8-16-11(13-10(14)6-2)12(15)17-9(3)4/h6,9,11H,2,5,7-8H2,1,3-4H3,(H,13,14). The predicted octanol–water partition coefficient (Wildman–Crippen LogP) is 1.38. The lowest BCUT2D eigenvalue weighted by atomic mass is 10.3. The molecule has 0 heterocycles. The Morgan fingerprint density at radius 1 is 1.41 bits per heavy atom. The van der Waals surface area contributed by atoms with Gasteiger partial charge in [-0.15, -0.1) is 0 Å². The van der Waals surface area contributed by atoms with Crippen LogP contribution in [0.15, 0.2) is 12.7 Å². The molecule has 5 nitrogen and oxygen atoms in total. The second kappa shape index (κ2) is 8.75. The largest absolute Gasteiger partial charge is 0.460 e. The number of unbranched alkanes of at least 4 members (excludes halogenated alkanes) is 1. The fraction of sp³-hybridized carbons (Fsp3) is 0.667. The molecule has 98 valence electrons. The van der Waals surface area contributed by atoms with Gasteiger partial charge < -0.3 is 14.8 Å². The summed E-state index contributed by atoms with van der Waals surface area (Å²) in [5, 5.41) is 2.38. The van der Waals surface area contributed by atoms with Crippen molar-refractivity contribution in [3.8, 4) is 0 Å². The Morgan fingerprint density at radius 3 is 2.53 bits per heavy atom. The van der Waals surface area contributed by atoms with Gasteiger partial charge in [0.25, 0.3) is 0 Å². The first-order valence-corrected chi connectivity index (χ1v) is 5.76. The van der Waals surface area contributed by atoms with Gasteiger partial charge in [-0.3, -0.25) is 4.79 Å². The zero-order chi connectivity index (χ0) is 13.3. The summed E-state index contributed by atoms with van der Waals surface area (Å²) in [5.41, 5.74) is 0. The van der Waals surface area contributed by atoms with Gasteiger partial charge in [-0.25, -0.2) is 4.79 Å². The van der Waals surface area contributed by atoms with Gasteiger partial charge in [-0.1, -0.05) is 19.9 Å². The first-order chi connectivity index (χ1) is 8.01. The highest BCUT2D eigenvalue weighted by atomic mass is 16.6. The van der Waals surface area contributed by atoms with E-state index in [-0.39, 0.29) is 6.10 Å². The van der Waals surface area contributed by atoms with E-state index in [0.29, 0.717) is 6.61 Å². The van der Waals surface area contributed by atoms with E-state index in [2.05, 4.69) is 11.9 Å². The van der Waals surface area contributed by atoms with E-state index in [1.165, 1.54) is 0 Å². The maximum Gasteiger partial charge on any atom is 0.356 e. The van der Waals surface area contributed by atoms with Crippen LogP contribution < -0.4 is 5.32 Å². The van der Waals surface area contributed by atoms with Crippen LogP contribution in [0.5, 0.6) is 0 Å². The van der Waals surface area contributed by atoms with Crippen LogP contribution >= 0.6 is 0 Å².